The van der Waals surface area contributed by atoms with Crippen LogP contribution in [0.2, 0.25) is 0 Å². The zero-order valence-electron chi connectivity index (χ0n) is 11.0. The summed E-state index contributed by atoms with van der Waals surface area (Å²) in [6.45, 7) is 0.844. The van der Waals surface area contributed by atoms with E-state index >= 15 is 0 Å². The van der Waals surface area contributed by atoms with Crippen LogP contribution in [0.3, 0.4) is 0 Å². The number of anilines is 1. The molecule has 1 N–H and O–H groups in total. The number of fused-ring (bicyclic) bond motifs is 1. The molecule has 0 fully saturated rings. The van der Waals surface area contributed by atoms with Gasteiger partial charge in [-0.15, -0.1) is 0 Å². The van der Waals surface area contributed by atoms with Crippen molar-refractivity contribution in [3.05, 3.63) is 47.8 Å². The van der Waals surface area contributed by atoms with Crippen LogP contribution in [0.5, 0.6) is 17.2 Å². The first-order valence-corrected chi connectivity index (χ1v) is 6.22. The second kappa shape index (κ2) is 5.28. The smallest absolute Gasteiger partial charge is 0.231 e. The maximum Gasteiger partial charge on any atom is 0.231 e. The summed E-state index contributed by atoms with van der Waals surface area (Å²) >= 11 is 0. The van der Waals surface area contributed by atoms with E-state index in [1.165, 1.54) is 19.2 Å². The van der Waals surface area contributed by atoms with Crippen molar-refractivity contribution in [1.29, 1.82) is 0 Å². The molecule has 104 valence electrons. The van der Waals surface area contributed by atoms with E-state index in [0.29, 0.717) is 12.3 Å². The van der Waals surface area contributed by atoms with Crippen LogP contribution in [-0.4, -0.2) is 13.9 Å². The number of nitrogens with one attached hydrogen (secondary N) is 1. The van der Waals surface area contributed by atoms with E-state index < -0.39 is 0 Å². The molecule has 5 heteroatoms. The van der Waals surface area contributed by atoms with Gasteiger partial charge in [0, 0.05) is 12.6 Å². The summed E-state index contributed by atoms with van der Waals surface area (Å²) in [7, 11) is 1.51. The Labute approximate surface area is 116 Å². The fourth-order valence-electron chi connectivity index (χ4n) is 2.06. The van der Waals surface area contributed by atoms with Crippen LogP contribution in [-0.2, 0) is 6.54 Å². The van der Waals surface area contributed by atoms with Crippen molar-refractivity contribution in [3.8, 4) is 17.2 Å². The molecule has 0 atom stereocenters. The second-order valence-corrected chi connectivity index (χ2v) is 4.39. The van der Waals surface area contributed by atoms with Crippen molar-refractivity contribution in [2.45, 2.75) is 6.54 Å². The summed E-state index contributed by atoms with van der Waals surface area (Å²) in [5, 5.41) is 3.21. The lowest BCUT2D eigenvalue weighted by molar-refractivity contribution is 0.174. The van der Waals surface area contributed by atoms with Gasteiger partial charge in [0.2, 0.25) is 6.79 Å². The van der Waals surface area contributed by atoms with E-state index in [0.717, 1.165) is 22.7 Å². The lowest BCUT2D eigenvalue weighted by Crippen LogP contribution is -2.01. The summed E-state index contributed by atoms with van der Waals surface area (Å²) in [5.41, 5.74) is 1.78. The molecule has 0 spiro atoms. The van der Waals surface area contributed by atoms with E-state index in [9.17, 15) is 4.39 Å². The maximum atomic E-state index is 13.1. The number of ether oxygens (including phenoxy) is 3. The van der Waals surface area contributed by atoms with Crippen molar-refractivity contribution < 1.29 is 18.6 Å². The van der Waals surface area contributed by atoms with Gasteiger partial charge in [0.1, 0.15) is 11.6 Å². The quantitative estimate of drug-likeness (QED) is 0.930. The van der Waals surface area contributed by atoms with Gasteiger partial charge in [-0.3, -0.25) is 0 Å². The van der Waals surface area contributed by atoms with Crippen LogP contribution in [0.25, 0.3) is 0 Å². The van der Waals surface area contributed by atoms with Gasteiger partial charge in [-0.2, -0.15) is 0 Å². The average molecular weight is 275 g/mol. The van der Waals surface area contributed by atoms with Gasteiger partial charge in [0.15, 0.2) is 11.5 Å². The molecule has 2 aromatic carbocycles. The summed E-state index contributed by atoms with van der Waals surface area (Å²) in [5.74, 6) is 1.66. The third-order valence-corrected chi connectivity index (χ3v) is 3.08. The van der Waals surface area contributed by atoms with E-state index in [2.05, 4.69) is 5.32 Å². The van der Waals surface area contributed by atoms with Gasteiger partial charge in [-0.05, 0) is 29.8 Å². The van der Waals surface area contributed by atoms with E-state index in [4.69, 9.17) is 14.2 Å². The number of benzene rings is 2. The SMILES string of the molecule is COc1cc(F)ccc1NCc1ccc2c(c1)OCO2. The van der Waals surface area contributed by atoms with Crippen molar-refractivity contribution >= 4 is 5.69 Å². The molecule has 0 saturated carbocycles. The van der Waals surface area contributed by atoms with Gasteiger partial charge < -0.3 is 19.5 Å². The van der Waals surface area contributed by atoms with Crippen LogP contribution in [0.15, 0.2) is 36.4 Å². The molecule has 3 rings (SSSR count). The molecule has 1 aliphatic rings. The van der Waals surface area contributed by atoms with Crippen LogP contribution in [0.1, 0.15) is 5.56 Å². The Hall–Kier alpha value is -2.43. The molecule has 0 aliphatic carbocycles. The largest absolute Gasteiger partial charge is 0.494 e. The summed E-state index contributed by atoms with van der Waals surface area (Å²) < 4.78 is 28.8. The Morgan fingerprint density at radius 1 is 1.15 bits per heavy atom. The standard InChI is InChI=1S/C15H14FNO3/c1-18-14-7-11(16)3-4-12(14)17-8-10-2-5-13-15(6-10)20-9-19-13/h2-7,17H,8-9H2,1H3. The van der Waals surface area contributed by atoms with Crippen molar-refractivity contribution in [1.82, 2.24) is 0 Å². The zero-order valence-corrected chi connectivity index (χ0v) is 11.0. The number of methoxy groups -OCH3 is 1. The highest BCUT2D eigenvalue weighted by Gasteiger charge is 2.13. The minimum Gasteiger partial charge on any atom is -0.494 e. The van der Waals surface area contributed by atoms with Crippen molar-refractivity contribution in [2.24, 2.45) is 0 Å². The molecular weight excluding hydrogens is 261 g/mol. The Morgan fingerprint density at radius 2 is 2.00 bits per heavy atom. The second-order valence-electron chi connectivity index (χ2n) is 4.39. The number of rotatable bonds is 4. The van der Waals surface area contributed by atoms with Gasteiger partial charge in [-0.25, -0.2) is 4.39 Å². The van der Waals surface area contributed by atoms with Crippen LogP contribution < -0.4 is 19.5 Å². The van der Waals surface area contributed by atoms with Gasteiger partial charge in [0.05, 0.1) is 12.8 Å². The first kappa shape index (κ1) is 12.6. The molecule has 1 aliphatic heterocycles. The van der Waals surface area contributed by atoms with Crippen LogP contribution in [0.4, 0.5) is 10.1 Å². The molecule has 0 unspecified atom stereocenters. The van der Waals surface area contributed by atoms with Gasteiger partial charge in [0.25, 0.3) is 0 Å². The Bertz CT molecular complexity index is 631. The molecule has 4 nitrogen and oxygen atoms in total. The summed E-state index contributed by atoms with van der Waals surface area (Å²) in [4.78, 5) is 0. The third kappa shape index (κ3) is 2.47. The zero-order chi connectivity index (χ0) is 13.9. The molecule has 0 radical (unpaired) electrons. The van der Waals surface area contributed by atoms with Crippen molar-refractivity contribution in [3.63, 3.8) is 0 Å². The third-order valence-electron chi connectivity index (χ3n) is 3.08. The first-order valence-electron chi connectivity index (χ1n) is 6.22. The van der Waals surface area contributed by atoms with Crippen LogP contribution in [0, 0.1) is 5.82 Å². The van der Waals surface area contributed by atoms with E-state index in [1.54, 1.807) is 6.07 Å². The Balaban J connectivity index is 1.73. The summed E-state index contributed by atoms with van der Waals surface area (Å²) in [6.07, 6.45) is 0. The normalized spacial score (nSPS) is 12.3. The molecule has 0 aromatic heterocycles. The highest BCUT2D eigenvalue weighted by Crippen LogP contribution is 2.33. The molecule has 0 bridgehead atoms. The average Bonchev–Trinajstić information content (AvgIpc) is 2.93. The minimum atomic E-state index is -0.324. The number of hydrogen-bond acceptors (Lipinski definition) is 4. The summed E-state index contributed by atoms with van der Waals surface area (Å²) in [6, 6.07) is 10.1. The number of hydrogen-bond donors (Lipinski definition) is 1. The predicted octanol–water partition coefficient (Wildman–Crippen LogP) is 3.18. The molecule has 1 heterocycles. The lowest BCUT2D eigenvalue weighted by Gasteiger charge is -2.11. The number of halogens is 1. The molecular formula is C15H14FNO3. The van der Waals surface area contributed by atoms with Crippen LogP contribution >= 0.6 is 0 Å². The van der Waals surface area contributed by atoms with Gasteiger partial charge >= 0.3 is 0 Å². The lowest BCUT2D eigenvalue weighted by atomic mass is 10.2. The topological polar surface area (TPSA) is 39.7 Å². The highest BCUT2D eigenvalue weighted by atomic mass is 19.1. The first-order chi connectivity index (χ1) is 9.76. The predicted molar refractivity (Wildman–Crippen MR) is 72.8 cm³/mol. The highest BCUT2D eigenvalue weighted by molar-refractivity contribution is 5.57. The van der Waals surface area contributed by atoms with E-state index in [1.807, 2.05) is 18.2 Å². The molecule has 0 amide bonds. The minimum absolute atomic E-state index is 0.262. The van der Waals surface area contributed by atoms with Crippen molar-refractivity contribution in [2.75, 3.05) is 19.2 Å². The Kier molecular flexibility index (Phi) is 3.33. The molecule has 20 heavy (non-hydrogen) atoms. The molecule has 0 saturated heterocycles. The maximum absolute atomic E-state index is 13.1. The fraction of sp³-hybridized carbons (Fsp3) is 0.200. The molecule has 2 aromatic rings. The fourth-order valence-corrected chi connectivity index (χ4v) is 2.06. The van der Waals surface area contributed by atoms with Gasteiger partial charge in [-0.1, -0.05) is 6.07 Å². The Morgan fingerprint density at radius 3 is 2.85 bits per heavy atom. The van der Waals surface area contributed by atoms with E-state index in [-0.39, 0.29) is 12.6 Å². The monoisotopic (exact) mass is 275 g/mol.